The average molecular weight is 233 g/mol. The molecule has 0 heterocycles. The average Bonchev–Trinajstić information content (AvgIpc) is 2.28. The molecule has 0 spiro atoms. The molecule has 0 aliphatic carbocycles. The van der Waals surface area contributed by atoms with E-state index >= 15 is 0 Å². The van der Waals surface area contributed by atoms with E-state index in [4.69, 9.17) is 5.26 Å². The van der Waals surface area contributed by atoms with Crippen LogP contribution in [0.3, 0.4) is 0 Å². The third-order valence-electron chi connectivity index (χ3n) is 2.68. The van der Waals surface area contributed by atoms with Crippen LogP contribution in [-0.4, -0.2) is 10.5 Å². The summed E-state index contributed by atoms with van der Waals surface area (Å²) >= 11 is 0. The van der Waals surface area contributed by atoms with E-state index in [9.17, 15) is 10.1 Å². The molecule has 17 heavy (non-hydrogen) atoms. The lowest BCUT2D eigenvalue weighted by Gasteiger charge is -2.25. The van der Waals surface area contributed by atoms with Crippen molar-refractivity contribution >= 4 is 11.4 Å². The highest BCUT2D eigenvalue weighted by atomic mass is 16.6. The van der Waals surface area contributed by atoms with Crippen molar-refractivity contribution in [2.75, 3.05) is 5.32 Å². The first kappa shape index (κ1) is 13.0. The molecule has 0 fully saturated rings. The van der Waals surface area contributed by atoms with Gasteiger partial charge in [-0.3, -0.25) is 10.1 Å². The summed E-state index contributed by atoms with van der Waals surface area (Å²) in [4.78, 5) is 10.3. The molecule has 1 rings (SSSR count). The highest BCUT2D eigenvalue weighted by Gasteiger charge is 2.18. The van der Waals surface area contributed by atoms with Gasteiger partial charge in [0.05, 0.1) is 4.92 Å². The van der Waals surface area contributed by atoms with Gasteiger partial charge < -0.3 is 5.32 Å². The summed E-state index contributed by atoms with van der Waals surface area (Å²) < 4.78 is 0. The number of nitriles is 1. The molecular weight excluding hydrogens is 218 g/mol. The van der Waals surface area contributed by atoms with Crippen LogP contribution >= 0.6 is 0 Å². The number of hydrogen-bond donors (Lipinski definition) is 1. The Hall–Kier alpha value is -2.09. The number of nitro benzene ring substituents is 1. The number of nitrogens with one attached hydrogen (secondary N) is 1. The second-order valence-electron chi connectivity index (χ2n) is 4.46. The van der Waals surface area contributed by atoms with Crippen molar-refractivity contribution in [2.45, 2.75) is 32.7 Å². The molecular formula is C12H15N3O2. The molecule has 0 radical (unpaired) electrons. The van der Waals surface area contributed by atoms with Crippen molar-refractivity contribution in [1.82, 2.24) is 0 Å². The number of nitro groups is 1. The summed E-state index contributed by atoms with van der Waals surface area (Å²) in [6.07, 6.45) is 0.890. The summed E-state index contributed by atoms with van der Waals surface area (Å²) in [6.45, 7) is 6.05. The molecule has 1 N–H and O–H groups in total. The number of hydrogen-bond acceptors (Lipinski definition) is 4. The number of anilines is 1. The van der Waals surface area contributed by atoms with Gasteiger partial charge >= 0.3 is 0 Å². The van der Waals surface area contributed by atoms with Gasteiger partial charge in [-0.2, -0.15) is 5.26 Å². The van der Waals surface area contributed by atoms with Gasteiger partial charge in [0.15, 0.2) is 0 Å². The van der Waals surface area contributed by atoms with Crippen molar-refractivity contribution in [3.05, 3.63) is 33.9 Å². The van der Waals surface area contributed by atoms with Crippen LogP contribution < -0.4 is 5.32 Å². The normalized spacial score (nSPS) is 10.7. The van der Waals surface area contributed by atoms with Crippen LogP contribution in [0.25, 0.3) is 0 Å². The van der Waals surface area contributed by atoms with E-state index in [1.807, 2.05) is 26.8 Å². The molecule has 0 aliphatic heterocycles. The molecule has 1 aromatic carbocycles. The first-order valence-corrected chi connectivity index (χ1v) is 5.36. The predicted molar refractivity (Wildman–Crippen MR) is 65.8 cm³/mol. The summed E-state index contributed by atoms with van der Waals surface area (Å²) in [5.41, 5.74) is 0.434. The number of rotatable bonds is 4. The summed E-state index contributed by atoms with van der Waals surface area (Å²) in [5.74, 6) is 0. The summed E-state index contributed by atoms with van der Waals surface area (Å²) in [5, 5.41) is 22.8. The maximum Gasteiger partial charge on any atom is 0.289 e. The largest absolute Gasteiger partial charge is 0.380 e. The van der Waals surface area contributed by atoms with Crippen LogP contribution in [0.4, 0.5) is 11.4 Å². The van der Waals surface area contributed by atoms with Crippen LogP contribution in [0, 0.1) is 21.4 Å². The van der Waals surface area contributed by atoms with Crippen LogP contribution in [0.15, 0.2) is 18.2 Å². The van der Waals surface area contributed by atoms with E-state index in [0.717, 1.165) is 6.42 Å². The molecule has 0 aromatic heterocycles. The summed E-state index contributed by atoms with van der Waals surface area (Å²) in [7, 11) is 0. The minimum atomic E-state index is -0.539. The molecule has 5 nitrogen and oxygen atoms in total. The van der Waals surface area contributed by atoms with Crippen molar-refractivity contribution in [1.29, 1.82) is 5.26 Å². The Kier molecular flexibility index (Phi) is 3.69. The minimum Gasteiger partial charge on any atom is -0.380 e. The first-order valence-electron chi connectivity index (χ1n) is 5.36. The van der Waals surface area contributed by atoms with E-state index in [0.29, 0.717) is 5.69 Å². The Balaban J connectivity index is 3.10. The van der Waals surface area contributed by atoms with Crippen LogP contribution in [0.5, 0.6) is 0 Å². The van der Waals surface area contributed by atoms with Crippen molar-refractivity contribution in [3.63, 3.8) is 0 Å². The molecule has 5 heteroatoms. The highest BCUT2D eigenvalue weighted by Crippen LogP contribution is 2.25. The van der Waals surface area contributed by atoms with Gasteiger partial charge in [-0.15, -0.1) is 0 Å². The highest BCUT2D eigenvalue weighted by molar-refractivity contribution is 5.59. The van der Waals surface area contributed by atoms with Crippen LogP contribution in [0.2, 0.25) is 0 Å². The molecule has 0 saturated heterocycles. The third kappa shape index (κ3) is 3.18. The van der Waals surface area contributed by atoms with E-state index in [1.54, 1.807) is 6.07 Å². The number of nitrogens with zero attached hydrogens (tertiary/aromatic N) is 2. The van der Waals surface area contributed by atoms with E-state index in [-0.39, 0.29) is 16.8 Å². The molecule has 0 saturated carbocycles. The molecule has 1 aromatic rings. The monoisotopic (exact) mass is 233 g/mol. The maximum absolute atomic E-state index is 10.8. The van der Waals surface area contributed by atoms with Crippen molar-refractivity contribution in [3.8, 4) is 6.07 Å². The molecule has 0 amide bonds. The lowest BCUT2D eigenvalue weighted by atomic mass is 10.0. The van der Waals surface area contributed by atoms with E-state index < -0.39 is 4.92 Å². The Morgan fingerprint density at radius 2 is 2.18 bits per heavy atom. The Bertz CT molecular complexity index is 475. The van der Waals surface area contributed by atoms with Gasteiger partial charge in [0, 0.05) is 17.3 Å². The van der Waals surface area contributed by atoms with E-state index in [1.165, 1.54) is 12.1 Å². The van der Waals surface area contributed by atoms with E-state index in [2.05, 4.69) is 5.32 Å². The molecule has 0 unspecified atom stereocenters. The number of benzene rings is 1. The van der Waals surface area contributed by atoms with Gasteiger partial charge in [-0.1, -0.05) is 6.92 Å². The van der Waals surface area contributed by atoms with Crippen LogP contribution in [-0.2, 0) is 0 Å². The standard InChI is InChI=1S/C12H15N3O2/c1-4-12(2,3)14-10-6-5-9(8-13)11(7-10)15(16)17/h5-7,14H,4H2,1-3H3. The lowest BCUT2D eigenvalue weighted by Crippen LogP contribution is -2.29. The summed E-state index contributed by atoms with van der Waals surface area (Å²) in [6, 6.07) is 6.36. The SMILES string of the molecule is CCC(C)(C)Nc1ccc(C#N)c([N+](=O)[O-])c1. The smallest absolute Gasteiger partial charge is 0.289 e. The first-order chi connectivity index (χ1) is 7.89. The second kappa shape index (κ2) is 4.83. The molecule has 0 aliphatic rings. The second-order valence-corrected chi connectivity index (χ2v) is 4.46. The molecule has 0 bridgehead atoms. The topological polar surface area (TPSA) is 79.0 Å². The predicted octanol–water partition coefficient (Wildman–Crippen LogP) is 3.07. The molecule has 0 atom stereocenters. The van der Waals surface area contributed by atoms with Gasteiger partial charge in [-0.25, -0.2) is 0 Å². The third-order valence-corrected chi connectivity index (χ3v) is 2.68. The lowest BCUT2D eigenvalue weighted by molar-refractivity contribution is -0.385. The van der Waals surface area contributed by atoms with Gasteiger partial charge in [0.25, 0.3) is 5.69 Å². The Labute approximate surface area is 100 Å². The van der Waals surface area contributed by atoms with Crippen molar-refractivity contribution in [2.24, 2.45) is 0 Å². The fraction of sp³-hybridized carbons (Fsp3) is 0.417. The zero-order valence-electron chi connectivity index (χ0n) is 10.2. The minimum absolute atomic E-state index is 0.0786. The van der Waals surface area contributed by atoms with Gasteiger partial charge in [0.1, 0.15) is 11.6 Å². The zero-order chi connectivity index (χ0) is 13.1. The Morgan fingerprint density at radius 3 is 2.65 bits per heavy atom. The van der Waals surface area contributed by atoms with Gasteiger partial charge in [-0.05, 0) is 32.4 Å². The quantitative estimate of drug-likeness (QED) is 0.640. The zero-order valence-corrected chi connectivity index (χ0v) is 10.2. The van der Waals surface area contributed by atoms with Crippen LogP contribution in [0.1, 0.15) is 32.8 Å². The fourth-order valence-corrected chi connectivity index (χ4v) is 1.33. The maximum atomic E-state index is 10.8. The Morgan fingerprint density at radius 1 is 1.53 bits per heavy atom. The van der Waals surface area contributed by atoms with Crippen molar-refractivity contribution < 1.29 is 4.92 Å². The van der Waals surface area contributed by atoms with Gasteiger partial charge in [0.2, 0.25) is 0 Å². The molecule has 90 valence electrons. The fourth-order valence-electron chi connectivity index (χ4n) is 1.33.